The second-order valence-corrected chi connectivity index (χ2v) is 2.11. The van der Waals surface area contributed by atoms with Crippen LogP contribution in [0.4, 0.5) is 0 Å². The minimum absolute atomic E-state index is 0. The molecule has 0 aromatic heterocycles. The molecule has 130 valence electrons. The van der Waals surface area contributed by atoms with Gasteiger partial charge in [-0.15, -0.1) is 0 Å². The Morgan fingerprint density at radius 3 is 0.895 bits per heavy atom. The molecule has 0 heterocycles. The summed E-state index contributed by atoms with van der Waals surface area (Å²) in [5, 5.41) is 15.5. The van der Waals surface area contributed by atoms with E-state index in [1.54, 1.807) is 0 Å². The Bertz CT molecular complexity index is 115. The van der Waals surface area contributed by atoms with Gasteiger partial charge in [-0.05, 0) is 0 Å². The van der Waals surface area contributed by atoms with Gasteiger partial charge >= 0.3 is 44.7 Å². The van der Waals surface area contributed by atoms with E-state index in [-0.39, 0.29) is 85.7 Å². The molecule has 0 bridgehead atoms. The molecule has 0 saturated heterocycles. The van der Waals surface area contributed by atoms with Gasteiger partial charge in [-0.25, -0.2) is 4.57 Å². The second-order valence-electron chi connectivity index (χ2n) is 0.922. The van der Waals surface area contributed by atoms with Crippen LogP contribution < -0.4 is 29.6 Å². The first-order valence-electron chi connectivity index (χ1n) is 1.52. The number of phosphoric acid groups is 1. The average Bonchev–Trinajstić information content (AvgIpc) is 1.21. The summed E-state index contributed by atoms with van der Waals surface area (Å²) in [5.74, 6) is 0. The molecule has 0 radical (unpaired) electrons. The molecule has 19 heteroatoms. The molecule has 0 aromatic rings. The minimum atomic E-state index is -4.72. The summed E-state index contributed by atoms with van der Waals surface area (Å²) in [6.07, 6.45) is 0. The fourth-order valence-corrected chi connectivity index (χ4v) is 0.368. The summed E-state index contributed by atoms with van der Waals surface area (Å²) in [5.41, 5.74) is 0. The van der Waals surface area contributed by atoms with Crippen LogP contribution in [0.1, 0.15) is 1.43 Å². The summed E-state index contributed by atoms with van der Waals surface area (Å²) in [4.78, 5) is 15.5. The van der Waals surface area contributed by atoms with Gasteiger partial charge in [0.15, 0.2) is 0 Å². The van der Waals surface area contributed by atoms with Gasteiger partial charge in [-0.2, -0.15) is 0 Å². The first-order valence-corrected chi connectivity index (χ1v) is 3.05. The third-order valence-electron chi connectivity index (χ3n) is 0.232. The van der Waals surface area contributed by atoms with Gasteiger partial charge in [0.1, 0.15) is 0 Å². The SMILES string of the molecule is O.O.O.O.O.O.O.O.O.O.O=P(O)(O)OB(O)O.[H-].[Na+]. The first-order chi connectivity index (χ1) is 3.42. The quantitative estimate of drug-likeness (QED) is 0.277. The van der Waals surface area contributed by atoms with Gasteiger partial charge in [-0.3, -0.25) is 4.44 Å². The number of rotatable bonds is 2. The molecule has 19 heavy (non-hydrogen) atoms. The van der Waals surface area contributed by atoms with Crippen LogP contribution in [-0.4, -0.2) is 81.9 Å². The Balaban J connectivity index is -0.00000000371. The van der Waals surface area contributed by atoms with Crippen molar-refractivity contribution in [1.29, 1.82) is 0 Å². The standard InChI is InChI=1S/BH4O6P.Na.10H2O.H/c2-1(3)7-8(4,5)6;;;;;;;;;;;;/h2-3H,(H2,4,5,6);;10*1H2;/q;+1;;;;;;;;;;;-1. The summed E-state index contributed by atoms with van der Waals surface area (Å²) in [7, 11) is -7.14. The Kier molecular flexibility index (Phi) is 313. The molecule has 0 fully saturated rings. The maximum atomic E-state index is 9.59. The van der Waals surface area contributed by atoms with Gasteiger partial charge in [0.05, 0.1) is 0 Å². The van der Waals surface area contributed by atoms with E-state index in [1.165, 1.54) is 0 Å². The van der Waals surface area contributed by atoms with Gasteiger partial charge in [-0.1, -0.05) is 0 Å². The van der Waals surface area contributed by atoms with Crippen molar-refractivity contribution in [2.75, 3.05) is 0 Å². The van der Waals surface area contributed by atoms with Gasteiger partial charge in [0.25, 0.3) is 0 Å². The van der Waals surface area contributed by atoms with Crippen molar-refractivity contribution < 1.29 is 115 Å². The Labute approximate surface area is 130 Å². The van der Waals surface area contributed by atoms with Gasteiger partial charge in [0, 0.05) is 0 Å². The molecule has 0 saturated carbocycles. The van der Waals surface area contributed by atoms with Crippen LogP contribution in [0, 0.1) is 0 Å². The fourth-order valence-electron chi connectivity index (χ4n) is 0.123. The smallest absolute Gasteiger partial charge is 1.00 e. The van der Waals surface area contributed by atoms with Crippen molar-refractivity contribution in [1.82, 2.24) is 0 Å². The summed E-state index contributed by atoms with van der Waals surface area (Å²) in [6.45, 7) is 0. The number of hydrogen-bond acceptors (Lipinski definition) is 4. The normalized spacial score (nSPS) is 4.84. The molecule has 0 rings (SSSR count). The van der Waals surface area contributed by atoms with E-state index in [0.29, 0.717) is 0 Å². The zero-order valence-electron chi connectivity index (χ0n) is 10.6. The Hall–Kier alpha value is 0.695. The first kappa shape index (κ1) is 116. The van der Waals surface area contributed by atoms with E-state index in [2.05, 4.69) is 4.44 Å². The Morgan fingerprint density at radius 1 is 0.737 bits per heavy atom. The van der Waals surface area contributed by atoms with E-state index < -0.39 is 15.1 Å². The molecule has 0 aromatic carbocycles. The summed E-state index contributed by atoms with van der Waals surface area (Å²) >= 11 is 0. The molecule has 0 spiro atoms. The van der Waals surface area contributed by atoms with Crippen LogP contribution in [0.2, 0.25) is 0 Å². The minimum Gasteiger partial charge on any atom is -1.00 e. The summed E-state index contributed by atoms with van der Waals surface area (Å²) in [6, 6.07) is 0. The molecule has 24 N–H and O–H groups in total. The summed E-state index contributed by atoms with van der Waals surface area (Å²) < 4.78 is 12.8. The van der Waals surface area contributed by atoms with Gasteiger partial charge < -0.3 is 76.0 Å². The topological polar surface area (TPSA) is 422 Å². The molecule has 0 atom stereocenters. The molecule has 0 aliphatic rings. The van der Waals surface area contributed by atoms with Crippen molar-refractivity contribution in [3.8, 4) is 0 Å². The van der Waals surface area contributed by atoms with Crippen LogP contribution in [0.15, 0.2) is 0 Å². The van der Waals surface area contributed by atoms with E-state index in [1.807, 2.05) is 0 Å². The molecule has 0 amide bonds. The molecule has 0 unspecified atom stereocenters. The van der Waals surface area contributed by atoms with Crippen LogP contribution in [-0.2, 0) is 9.01 Å². The van der Waals surface area contributed by atoms with Crippen LogP contribution in [0.3, 0.4) is 0 Å². The van der Waals surface area contributed by atoms with Crippen molar-refractivity contribution in [2.24, 2.45) is 0 Å². The van der Waals surface area contributed by atoms with Crippen LogP contribution in [0.25, 0.3) is 0 Å². The van der Waals surface area contributed by atoms with Crippen LogP contribution >= 0.6 is 7.82 Å². The average molecular weight is 346 g/mol. The zero-order valence-corrected chi connectivity index (χ0v) is 12.5. The Morgan fingerprint density at radius 2 is 0.895 bits per heavy atom. The molecule has 16 nitrogen and oxygen atoms in total. The monoisotopic (exact) mass is 346 g/mol. The van der Waals surface area contributed by atoms with Crippen molar-refractivity contribution in [2.45, 2.75) is 0 Å². The van der Waals surface area contributed by atoms with Crippen molar-refractivity contribution in [3.05, 3.63) is 0 Å². The largest absolute Gasteiger partial charge is 1.00 e. The third-order valence-corrected chi connectivity index (χ3v) is 0.695. The van der Waals surface area contributed by atoms with E-state index in [0.717, 1.165) is 0 Å². The van der Waals surface area contributed by atoms with E-state index >= 15 is 0 Å². The molecule has 0 aliphatic carbocycles. The maximum Gasteiger partial charge on any atom is 1.00 e. The molecular formula is H25BNaO16P. The predicted molar refractivity (Wildman–Crippen MR) is 60.6 cm³/mol. The molecular weight excluding hydrogens is 321 g/mol. The predicted octanol–water partition coefficient (Wildman–Crippen LogP) is -13.1. The number of hydrogen-bond donors (Lipinski definition) is 4. The zero-order chi connectivity index (χ0) is 6.78. The maximum absolute atomic E-state index is 9.59. The van der Waals surface area contributed by atoms with Crippen molar-refractivity contribution in [3.63, 3.8) is 0 Å². The third kappa shape index (κ3) is 161. The second kappa shape index (κ2) is 51.2. The fraction of sp³-hybridized carbons (Fsp3) is 0. The molecule has 0 aliphatic heterocycles. The van der Waals surface area contributed by atoms with Gasteiger partial charge in [0.2, 0.25) is 0 Å². The van der Waals surface area contributed by atoms with Crippen LogP contribution in [0.5, 0.6) is 0 Å². The van der Waals surface area contributed by atoms with Crippen molar-refractivity contribution >= 4 is 15.1 Å². The van der Waals surface area contributed by atoms with E-state index in [9.17, 15) is 4.57 Å². The van der Waals surface area contributed by atoms with E-state index in [4.69, 9.17) is 19.8 Å².